The Labute approximate surface area is 167 Å². The topological polar surface area (TPSA) is 73.9 Å². The number of carbonyl (C=O) groups is 2. The lowest BCUT2D eigenvalue weighted by Gasteiger charge is -2.14. The van der Waals surface area contributed by atoms with Crippen LogP contribution in [0.5, 0.6) is 11.5 Å². The fraction of sp³-hybridized carbons (Fsp3) is 0.333. The van der Waals surface area contributed by atoms with Crippen LogP contribution in [-0.2, 0) is 16.0 Å². The Bertz CT molecular complexity index is 870. The number of amides is 1. The molecule has 0 saturated carbocycles. The molecule has 0 aliphatic carbocycles. The second-order valence-corrected chi connectivity index (χ2v) is 6.06. The third-order valence-electron chi connectivity index (χ3n) is 4.03. The first-order valence-electron chi connectivity index (χ1n) is 9.12. The molecule has 0 radical (unpaired) electrons. The van der Waals surface area contributed by atoms with Gasteiger partial charge in [-0.15, -0.1) is 0 Å². The Morgan fingerprint density at radius 3 is 2.52 bits per heavy atom. The first kappa shape index (κ1) is 22.1. The average molecular weight is 407 g/mol. The van der Waals surface area contributed by atoms with Gasteiger partial charge < -0.3 is 19.5 Å². The minimum Gasteiger partial charge on any atom is -0.490 e. The van der Waals surface area contributed by atoms with E-state index >= 15 is 0 Å². The van der Waals surface area contributed by atoms with Crippen molar-refractivity contribution in [3.63, 3.8) is 0 Å². The molecule has 0 fully saturated rings. The van der Waals surface area contributed by atoms with Crippen LogP contribution in [0.2, 0.25) is 0 Å². The average Bonchev–Trinajstić information content (AvgIpc) is 2.68. The van der Waals surface area contributed by atoms with E-state index in [1.807, 2.05) is 32.0 Å². The summed E-state index contributed by atoms with van der Waals surface area (Å²) in [5.74, 6) is -1.47. The molecule has 0 unspecified atom stereocenters. The van der Waals surface area contributed by atoms with Crippen LogP contribution >= 0.6 is 0 Å². The Morgan fingerprint density at radius 2 is 1.86 bits per heavy atom. The molecule has 8 heteroatoms. The predicted molar refractivity (Wildman–Crippen MR) is 104 cm³/mol. The van der Waals surface area contributed by atoms with Crippen molar-refractivity contribution in [2.24, 2.45) is 0 Å². The van der Waals surface area contributed by atoms with Crippen molar-refractivity contribution >= 4 is 17.6 Å². The molecule has 0 heterocycles. The van der Waals surface area contributed by atoms with E-state index in [9.17, 15) is 18.4 Å². The van der Waals surface area contributed by atoms with Gasteiger partial charge in [0.25, 0.3) is 5.91 Å². The van der Waals surface area contributed by atoms with Crippen molar-refractivity contribution in [3.8, 4) is 11.5 Å². The highest BCUT2D eigenvalue weighted by molar-refractivity contribution is 5.96. The first-order valence-corrected chi connectivity index (χ1v) is 9.12. The summed E-state index contributed by atoms with van der Waals surface area (Å²) in [5, 5.41) is 2.75. The molecule has 2 aromatic rings. The molecule has 0 spiro atoms. The molecule has 0 aliphatic rings. The number of hydrogen-bond donors (Lipinski definition) is 1. The molecule has 0 saturated heterocycles. The van der Waals surface area contributed by atoms with Gasteiger partial charge in [0.2, 0.25) is 0 Å². The van der Waals surface area contributed by atoms with Crippen LogP contribution in [0.25, 0.3) is 0 Å². The van der Waals surface area contributed by atoms with Crippen molar-refractivity contribution < 1.29 is 32.6 Å². The lowest BCUT2D eigenvalue weighted by atomic mass is 10.1. The van der Waals surface area contributed by atoms with Crippen molar-refractivity contribution in [2.45, 2.75) is 33.8 Å². The molecular formula is C21H23F2NO5. The molecule has 2 rings (SSSR count). The van der Waals surface area contributed by atoms with Crippen LogP contribution in [-0.4, -0.2) is 31.7 Å². The zero-order valence-electron chi connectivity index (χ0n) is 16.5. The number of aryl methyl sites for hydroxylation is 2. The van der Waals surface area contributed by atoms with Crippen molar-refractivity contribution in [2.75, 3.05) is 18.5 Å². The summed E-state index contributed by atoms with van der Waals surface area (Å²) in [5.41, 5.74) is 2.62. The van der Waals surface area contributed by atoms with Gasteiger partial charge in [0.05, 0.1) is 12.2 Å². The van der Waals surface area contributed by atoms with E-state index in [-0.39, 0.29) is 23.7 Å². The minimum absolute atomic E-state index is 0.0146. The van der Waals surface area contributed by atoms with E-state index < -0.39 is 25.1 Å². The van der Waals surface area contributed by atoms with Gasteiger partial charge in [-0.2, -0.15) is 8.78 Å². The van der Waals surface area contributed by atoms with E-state index in [1.54, 1.807) is 6.92 Å². The van der Waals surface area contributed by atoms with Gasteiger partial charge >= 0.3 is 12.6 Å². The number of hydrogen-bond acceptors (Lipinski definition) is 5. The maximum Gasteiger partial charge on any atom is 0.387 e. The smallest absolute Gasteiger partial charge is 0.387 e. The van der Waals surface area contributed by atoms with Gasteiger partial charge in [0.15, 0.2) is 18.1 Å². The fourth-order valence-electron chi connectivity index (χ4n) is 2.69. The molecule has 0 aliphatic heterocycles. The van der Waals surface area contributed by atoms with Crippen LogP contribution in [0.4, 0.5) is 14.5 Å². The Balaban J connectivity index is 2.03. The normalized spacial score (nSPS) is 10.6. The quantitative estimate of drug-likeness (QED) is 0.626. The fourth-order valence-corrected chi connectivity index (χ4v) is 2.69. The van der Waals surface area contributed by atoms with E-state index in [0.717, 1.165) is 17.5 Å². The summed E-state index contributed by atoms with van der Waals surface area (Å²) in [6.45, 7) is 2.19. The monoisotopic (exact) mass is 407 g/mol. The third kappa shape index (κ3) is 6.17. The molecule has 1 amide bonds. The van der Waals surface area contributed by atoms with Gasteiger partial charge in [-0.25, -0.2) is 4.79 Å². The van der Waals surface area contributed by atoms with Crippen LogP contribution in [0.15, 0.2) is 36.4 Å². The number of carbonyl (C=O) groups excluding carboxylic acids is 2. The van der Waals surface area contributed by atoms with Crippen LogP contribution in [0, 0.1) is 6.92 Å². The summed E-state index contributed by atoms with van der Waals surface area (Å²) in [6.07, 6.45) is 0.740. The van der Waals surface area contributed by atoms with E-state index in [2.05, 4.69) is 10.1 Å². The molecule has 0 aromatic heterocycles. The lowest BCUT2D eigenvalue weighted by Crippen LogP contribution is -2.22. The number of anilines is 1. The summed E-state index contributed by atoms with van der Waals surface area (Å²) in [6, 6.07) is 9.37. The zero-order chi connectivity index (χ0) is 21.4. The number of nitrogens with one attached hydrogen (secondary N) is 1. The largest absolute Gasteiger partial charge is 0.490 e. The highest BCUT2D eigenvalue weighted by Crippen LogP contribution is 2.30. The van der Waals surface area contributed by atoms with Crippen LogP contribution < -0.4 is 14.8 Å². The molecule has 2 aromatic carbocycles. The van der Waals surface area contributed by atoms with Gasteiger partial charge in [0, 0.05) is 5.69 Å². The highest BCUT2D eigenvalue weighted by atomic mass is 19.3. The number of esters is 1. The van der Waals surface area contributed by atoms with Crippen LogP contribution in [0.3, 0.4) is 0 Å². The van der Waals surface area contributed by atoms with E-state index in [1.165, 1.54) is 18.2 Å². The Morgan fingerprint density at radius 1 is 1.10 bits per heavy atom. The summed E-state index contributed by atoms with van der Waals surface area (Å²) >= 11 is 0. The molecular weight excluding hydrogens is 384 g/mol. The number of para-hydroxylation sites is 1. The standard InChI is InChI=1S/C21H23F2NO5/c1-4-14-8-6-7-13(3)19(14)24-18(25)12-28-20(26)15-9-10-16(29-21(22)23)17(11-15)27-5-2/h6-11,21H,4-5,12H2,1-3H3,(H,24,25). The van der Waals surface area contributed by atoms with Gasteiger partial charge in [-0.1, -0.05) is 25.1 Å². The third-order valence-corrected chi connectivity index (χ3v) is 4.03. The van der Waals surface area contributed by atoms with E-state index in [4.69, 9.17) is 9.47 Å². The molecule has 29 heavy (non-hydrogen) atoms. The van der Waals surface area contributed by atoms with Crippen LogP contribution in [0.1, 0.15) is 35.3 Å². The number of rotatable bonds is 9. The Kier molecular flexibility index (Phi) is 7.94. The second-order valence-electron chi connectivity index (χ2n) is 6.06. The van der Waals surface area contributed by atoms with Gasteiger partial charge in [-0.3, -0.25) is 4.79 Å². The molecule has 156 valence electrons. The number of alkyl halides is 2. The summed E-state index contributed by atoms with van der Waals surface area (Å²) in [4.78, 5) is 24.4. The second kappa shape index (κ2) is 10.4. The summed E-state index contributed by atoms with van der Waals surface area (Å²) < 4.78 is 39.5. The van der Waals surface area contributed by atoms with Crippen molar-refractivity contribution in [3.05, 3.63) is 53.1 Å². The number of ether oxygens (including phenoxy) is 3. The molecule has 0 bridgehead atoms. The van der Waals surface area contributed by atoms with Crippen molar-refractivity contribution in [1.29, 1.82) is 0 Å². The number of benzene rings is 2. The first-order chi connectivity index (χ1) is 13.8. The van der Waals surface area contributed by atoms with Gasteiger partial charge in [-0.05, 0) is 49.6 Å². The summed E-state index contributed by atoms with van der Waals surface area (Å²) in [7, 11) is 0. The highest BCUT2D eigenvalue weighted by Gasteiger charge is 2.17. The lowest BCUT2D eigenvalue weighted by molar-refractivity contribution is -0.119. The Hall–Kier alpha value is -3.16. The SMILES string of the molecule is CCOc1cc(C(=O)OCC(=O)Nc2c(C)cccc2CC)ccc1OC(F)F. The van der Waals surface area contributed by atoms with Crippen molar-refractivity contribution in [1.82, 2.24) is 0 Å². The number of halogens is 2. The maximum atomic E-state index is 12.5. The predicted octanol–water partition coefficient (Wildman–Crippen LogP) is 4.35. The molecule has 6 nitrogen and oxygen atoms in total. The molecule has 0 atom stereocenters. The van der Waals surface area contributed by atoms with Gasteiger partial charge in [0.1, 0.15) is 0 Å². The molecule has 1 N–H and O–H groups in total. The minimum atomic E-state index is -3.02. The maximum absolute atomic E-state index is 12.5. The zero-order valence-corrected chi connectivity index (χ0v) is 16.5. The van der Waals surface area contributed by atoms with E-state index in [0.29, 0.717) is 5.69 Å².